The molecule has 4 aromatic rings. The van der Waals surface area contributed by atoms with Crippen LogP contribution in [0.3, 0.4) is 0 Å². The smallest absolute Gasteiger partial charge is 0.239 e. The molecule has 3 N–H and O–H groups in total. The van der Waals surface area contributed by atoms with E-state index in [0.717, 1.165) is 37.1 Å². The normalized spacial score (nSPS) is 11.5. The molecule has 0 aliphatic rings. The summed E-state index contributed by atoms with van der Waals surface area (Å²) < 4.78 is 51.6. The van der Waals surface area contributed by atoms with Crippen LogP contribution >= 0.6 is 0 Å². The zero-order valence-corrected chi connectivity index (χ0v) is 25.0. The average molecular weight is 613 g/mol. The Balaban J connectivity index is 0.000000502. The van der Waals surface area contributed by atoms with E-state index in [1.807, 2.05) is 18.2 Å². The van der Waals surface area contributed by atoms with Gasteiger partial charge in [0.05, 0.1) is 17.9 Å². The predicted molar refractivity (Wildman–Crippen MR) is 164 cm³/mol. The monoisotopic (exact) mass is 612 g/mol. The number of nitrogens with one attached hydrogen (secondary N) is 1. The molecule has 236 valence electrons. The van der Waals surface area contributed by atoms with E-state index in [2.05, 4.69) is 27.7 Å². The zero-order valence-electron chi connectivity index (χ0n) is 25.0. The highest BCUT2D eigenvalue weighted by Gasteiger charge is 2.28. The van der Waals surface area contributed by atoms with Crippen molar-refractivity contribution in [2.24, 2.45) is 0 Å². The van der Waals surface area contributed by atoms with Crippen molar-refractivity contribution >= 4 is 17.3 Å². The fraction of sp³-hybridized carbons (Fsp3) is 0.394. The largest absolute Gasteiger partial charge is 0.396 e. The number of nitrogens with two attached hydrogens (primary N) is 1. The first-order chi connectivity index (χ1) is 21.3. The van der Waals surface area contributed by atoms with Crippen LogP contribution in [0.15, 0.2) is 66.7 Å². The summed E-state index contributed by atoms with van der Waals surface area (Å²) in [5, 5.41) is 15.2. The number of carbonyl (C=O) groups excluding carboxylic acids is 1. The molecule has 1 amide bonds. The third-order valence-corrected chi connectivity index (χ3v) is 6.98. The molecule has 4 rings (SSSR count). The molecule has 0 fully saturated rings. The topological polar surface area (TPSA) is 98.7 Å². The van der Waals surface area contributed by atoms with Crippen LogP contribution in [0.4, 0.5) is 28.9 Å². The maximum atomic E-state index is 14.1. The highest BCUT2D eigenvalue weighted by atomic mass is 19.1. The summed E-state index contributed by atoms with van der Waals surface area (Å²) >= 11 is 0. The number of halogens is 4. The van der Waals surface area contributed by atoms with E-state index in [1.54, 1.807) is 12.1 Å². The van der Waals surface area contributed by atoms with Gasteiger partial charge in [0, 0.05) is 12.1 Å². The molecule has 3 aromatic carbocycles. The fourth-order valence-corrected chi connectivity index (χ4v) is 4.57. The molecular formula is C33H40F4N6O. The van der Waals surface area contributed by atoms with Crippen molar-refractivity contribution in [3.8, 4) is 0 Å². The molecule has 1 unspecified atom stereocenters. The third kappa shape index (κ3) is 11.4. The Kier molecular flexibility index (Phi) is 14.3. The lowest BCUT2D eigenvalue weighted by Crippen LogP contribution is -2.24. The molecule has 0 saturated heterocycles. The summed E-state index contributed by atoms with van der Waals surface area (Å²) in [6.07, 6.45) is 12.4. The van der Waals surface area contributed by atoms with Gasteiger partial charge in [-0.1, -0.05) is 95.0 Å². The van der Waals surface area contributed by atoms with Crippen LogP contribution in [0.5, 0.6) is 0 Å². The first-order valence-corrected chi connectivity index (χ1v) is 15.1. The number of aromatic nitrogens is 4. The summed E-state index contributed by atoms with van der Waals surface area (Å²) in [5.74, 6) is -4.03. The predicted octanol–water partition coefficient (Wildman–Crippen LogP) is 8.19. The Bertz CT molecular complexity index is 1430. The zero-order chi connectivity index (χ0) is 31.7. The van der Waals surface area contributed by atoms with E-state index in [4.69, 9.17) is 5.73 Å². The number of nitrogens with zero attached hydrogens (tertiary/aromatic N) is 4. The van der Waals surface area contributed by atoms with Gasteiger partial charge in [0.1, 0.15) is 29.2 Å². The number of amides is 1. The molecule has 0 saturated carbocycles. The summed E-state index contributed by atoms with van der Waals surface area (Å²) in [7, 11) is 0. The third-order valence-electron chi connectivity index (χ3n) is 6.98. The fourth-order valence-electron chi connectivity index (χ4n) is 4.57. The highest BCUT2D eigenvalue weighted by Crippen LogP contribution is 2.25. The number of rotatable bonds is 15. The van der Waals surface area contributed by atoms with Gasteiger partial charge in [-0.25, -0.2) is 17.6 Å². The van der Waals surface area contributed by atoms with Gasteiger partial charge in [0.15, 0.2) is 5.82 Å². The van der Waals surface area contributed by atoms with Gasteiger partial charge in [-0.05, 0) is 41.5 Å². The number of nitrogen functional groups attached to an aromatic ring is 1. The Morgan fingerprint density at radius 1 is 0.795 bits per heavy atom. The van der Waals surface area contributed by atoms with Gasteiger partial charge in [-0.3, -0.25) is 4.79 Å². The minimum absolute atomic E-state index is 0.0311. The number of hydrogen-bond acceptors (Lipinski definition) is 5. The van der Waals surface area contributed by atoms with Crippen LogP contribution in [0.2, 0.25) is 0 Å². The molecule has 7 nitrogen and oxygen atoms in total. The molecule has 0 radical (unpaired) electrons. The van der Waals surface area contributed by atoms with Crippen molar-refractivity contribution in [1.29, 1.82) is 0 Å². The van der Waals surface area contributed by atoms with E-state index in [0.29, 0.717) is 12.1 Å². The van der Waals surface area contributed by atoms with Gasteiger partial charge < -0.3 is 11.1 Å². The minimum atomic E-state index is -0.873. The Hall–Kier alpha value is -4.28. The van der Waals surface area contributed by atoms with Crippen molar-refractivity contribution in [2.75, 3.05) is 11.1 Å². The number of anilines is 2. The second-order valence-corrected chi connectivity index (χ2v) is 10.5. The van der Waals surface area contributed by atoms with Gasteiger partial charge >= 0.3 is 0 Å². The molecule has 1 atom stereocenters. The van der Waals surface area contributed by atoms with Crippen LogP contribution in [0.1, 0.15) is 88.4 Å². The molecule has 44 heavy (non-hydrogen) atoms. The Morgan fingerprint density at radius 3 is 1.98 bits per heavy atom. The van der Waals surface area contributed by atoms with Crippen LogP contribution in [0.25, 0.3) is 0 Å². The van der Waals surface area contributed by atoms with E-state index in [9.17, 15) is 22.4 Å². The summed E-state index contributed by atoms with van der Waals surface area (Å²) in [4.78, 5) is 14.6. The standard InChI is InChI=1S/C27H35F2N5O.C6H5F2N/c1-2-3-4-5-6-7-8-9-10-14-19-34-32-26(31-33-34)25(21-15-12-11-13-16-21)27(35)30-24-18-17-22(28)20-23(24)29;7-4-1-2-6(9)5(8)3-4/h11-13,15-18,20,25H,2-10,14,19H2,1H3,(H,30,35);1-3H,9H2. The second-order valence-electron chi connectivity index (χ2n) is 10.5. The maximum absolute atomic E-state index is 14.1. The van der Waals surface area contributed by atoms with Crippen molar-refractivity contribution < 1.29 is 22.4 Å². The molecule has 11 heteroatoms. The van der Waals surface area contributed by atoms with Crippen molar-refractivity contribution in [2.45, 2.75) is 83.6 Å². The second kappa shape index (κ2) is 18.4. The first-order valence-electron chi connectivity index (χ1n) is 15.1. The number of carbonyl (C=O) groups is 1. The SMILES string of the molecule is CCCCCCCCCCCCn1nnc(C(C(=O)Nc2ccc(F)cc2F)c2ccccc2)n1.Nc1ccc(F)cc1F. The van der Waals surface area contributed by atoms with E-state index < -0.39 is 35.1 Å². The van der Waals surface area contributed by atoms with E-state index in [1.165, 1.54) is 68.3 Å². The molecule has 1 heterocycles. The Labute approximate surface area is 255 Å². The summed E-state index contributed by atoms with van der Waals surface area (Å²) in [5.41, 5.74) is 5.57. The highest BCUT2D eigenvalue weighted by molar-refractivity contribution is 5.97. The number of hydrogen-bond donors (Lipinski definition) is 2. The maximum Gasteiger partial charge on any atom is 0.239 e. The van der Waals surface area contributed by atoms with Crippen LogP contribution in [-0.2, 0) is 11.3 Å². The van der Waals surface area contributed by atoms with Gasteiger partial charge in [-0.15, -0.1) is 10.2 Å². The Morgan fingerprint density at radius 2 is 1.39 bits per heavy atom. The minimum Gasteiger partial charge on any atom is -0.396 e. The van der Waals surface area contributed by atoms with Crippen LogP contribution < -0.4 is 11.1 Å². The molecule has 0 spiro atoms. The van der Waals surface area contributed by atoms with Crippen molar-refractivity contribution in [3.63, 3.8) is 0 Å². The molecule has 1 aromatic heterocycles. The lowest BCUT2D eigenvalue weighted by molar-refractivity contribution is -0.116. The van der Waals surface area contributed by atoms with E-state index in [-0.39, 0.29) is 17.2 Å². The number of benzene rings is 3. The summed E-state index contributed by atoms with van der Waals surface area (Å²) in [6.45, 7) is 2.86. The average Bonchev–Trinajstić information content (AvgIpc) is 3.47. The van der Waals surface area contributed by atoms with Crippen molar-refractivity contribution in [3.05, 3.63) is 101 Å². The number of tetrazole rings is 1. The lowest BCUT2D eigenvalue weighted by Gasteiger charge is -2.14. The van der Waals surface area contributed by atoms with Gasteiger partial charge in [0.2, 0.25) is 5.91 Å². The first kappa shape index (κ1) is 34.2. The van der Waals surface area contributed by atoms with Gasteiger partial charge in [0.25, 0.3) is 0 Å². The molecule has 0 aliphatic carbocycles. The molecule has 0 aliphatic heterocycles. The van der Waals surface area contributed by atoms with Crippen LogP contribution in [0, 0.1) is 23.3 Å². The summed E-state index contributed by atoms with van der Waals surface area (Å²) in [6, 6.07) is 15.1. The molecule has 0 bridgehead atoms. The van der Waals surface area contributed by atoms with Gasteiger partial charge in [-0.2, -0.15) is 4.80 Å². The quantitative estimate of drug-likeness (QED) is 0.0801. The van der Waals surface area contributed by atoms with E-state index >= 15 is 0 Å². The number of aryl methyl sites for hydroxylation is 1. The lowest BCUT2D eigenvalue weighted by atomic mass is 9.97. The number of unbranched alkanes of at least 4 members (excludes halogenated alkanes) is 9. The molecular weight excluding hydrogens is 572 g/mol. The van der Waals surface area contributed by atoms with Crippen molar-refractivity contribution in [1.82, 2.24) is 20.2 Å². The van der Waals surface area contributed by atoms with Crippen LogP contribution in [-0.4, -0.2) is 26.1 Å².